The number of nitro groups is 1. The molecule has 0 aliphatic carbocycles. The lowest BCUT2D eigenvalue weighted by Crippen LogP contribution is -2.24. The summed E-state index contributed by atoms with van der Waals surface area (Å²) < 4.78 is 0. The lowest BCUT2D eigenvalue weighted by Gasteiger charge is -2.22. The zero-order valence-corrected chi connectivity index (χ0v) is 14.8. The Morgan fingerprint density at radius 1 is 1.04 bits per heavy atom. The molecule has 26 heavy (non-hydrogen) atoms. The van der Waals surface area contributed by atoms with Crippen molar-refractivity contribution in [2.45, 2.75) is 6.54 Å². The Hall–Kier alpha value is -3.42. The van der Waals surface area contributed by atoms with Gasteiger partial charge in [-0.25, -0.2) is 0 Å². The summed E-state index contributed by atoms with van der Waals surface area (Å²) in [5, 5.41) is 16.0. The Balaban J connectivity index is 2.28. The molecule has 0 spiro atoms. The fourth-order valence-corrected chi connectivity index (χ4v) is 2.55. The molecule has 0 aliphatic rings. The highest BCUT2D eigenvalue weighted by Crippen LogP contribution is 2.26. The number of amides is 2. The molecule has 2 aromatic rings. The van der Waals surface area contributed by atoms with Crippen LogP contribution in [-0.2, 0) is 6.54 Å². The fraction of sp³-hybridized carbons (Fsp3) is 0.222. The van der Waals surface area contributed by atoms with Crippen LogP contribution in [0.2, 0.25) is 0 Å². The summed E-state index contributed by atoms with van der Waals surface area (Å²) in [5.41, 5.74) is 2.15. The van der Waals surface area contributed by atoms with Crippen LogP contribution in [-0.4, -0.2) is 37.9 Å². The second kappa shape index (κ2) is 8.11. The average Bonchev–Trinajstić information content (AvgIpc) is 2.66. The van der Waals surface area contributed by atoms with Gasteiger partial charge in [0, 0.05) is 45.4 Å². The van der Waals surface area contributed by atoms with Crippen LogP contribution in [0.25, 0.3) is 0 Å². The Morgan fingerprint density at radius 3 is 2.19 bits per heavy atom. The van der Waals surface area contributed by atoms with Crippen LogP contribution in [0.3, 0.4) is 0 Å². The maximum atomic E-state index is 12.1. The molecule has 2 amide bonds. The van der Waals surface area contributed by atoms with E-state index in [9.17, 15) is 19.7 Å². The summed E-state index contributed by atoms with van der Waals surface area (Å²) in [6.07, 6.45) is 0. The average molecular weight is 356 g/mol. The molecule has 2 aromatic carbocycles. The molecule has 0 aromatic heterocycles. The van der Waals surface area contributed by atoms with Gasteiger partial charge in [-0.3, -0.25) is 19.7 Å². The first kappa shape index (κ1) is 18.9. The van der Waals surface area contributed by atoms with Crippen LogP contribution < -0.4 is 15.5 Å². The van der Waals surface area contributed by atoms with E-state index < -0.39 is 10.8 Å². The number of hydrogen-bond acceptors (Lipinski definition) is 5. The molecule has 0 aliphatic heterocycles. The topological polar surface area (TPSA) is 105 Å². The van der Waals surface area contributed by atoms with Gasteiger partial charge in [-0.15, -0.1) is 0 Å². The number of rotatable bonds is 6. The normalized spacial score (nSPS) is 10.1. The van der Waals surface area contributed by atoms with Crippen molar-refractivity contribution in [1.82, 2.24) is 10.6 Å². The quantitative estimate of drug-likeness (QED) is 0.608. The van der Waals surface area contributed by atoms with E-state index in [1.165, 1.54) is 19.2 Å². The first-order chi connectivity index (χ1) is 12.4. The largest absolute Gasteiger partial charge is 0.370 e. The number of non-ortho nitro benzene ring substituents is 1. The van der Waals surface area contributed by atoms with Crippen molar-refractivity contribution >= 4 is 23.2 Å². The van der Waals surface area contributed by atoms with Crippen molar-refractivity contribution in [1.29, 1.82) is 0 Å². The number of carbonyl (C=O) groups excluding carboxylic acids is 2. The lowest BCUT2D eigenvalue weighted by molar-refractivity contribution is -0.384. The van der Waals surface area contributed by atoms with E-state index in [0.717, 1.165) is 5.56 Å². The van der Waals surface area contributed by atoms with Gasteiger partial charge >= 0.3 is 0 Å². The fourth-order valence-electron chi connectivity index (χ4n) is 2.55. The third kappa shape index (κ3) is 4.15. The third-order valence-electron chi connectivity index (χ3n) is 3.94. The number of hydrogen-bond donors (Lipinski definition) is 2. The maximum absolute atomic E-state index is 12.1. The SMILES string of the molecule is CNC(=O)c1ccc(CN(C)c2ccc([N+](=O)[O-])cc2C(=O)NC)cc1. The molecule has 2 N–H and O–H groups in total. The molecule has 0 heterocycles. The highest BCUT2D eigenvalue weighted by molar-refractivity contribution is 6.00. The minimum atomic E-state index is -0.534. The Bertz CT molecular complexity index is 834. The summed E-state index contributed by atoms with van der Waals surface area (Å²) in [6, 6.07) is 11.3. The molecular formula is C18H20N4O4. The summed E-state index contributed by atoms with van der Waals surface area (Å²) in [6.45, 7) is 0.468. The second-order valence-corrected chi connectivity index (χ2v) is 5.67. The molecule has 8 nitrogen and oxygen atoms in total. The Morgan fingerprint density at radius 2 is 1.65 bits per heavy atom. The second-order valence-electron chi connectivity index (χ2n) is 5.67. The van der Waals surface area contributed by atoms with Crippen LogP contribution in [0.5, 0.6) is 0 Å². The van der Waals surface area contributed by atoms with E-state index in [0.29, 0.717) is 17.8 Å². The van der Waals surface area contributed by atoms with Gasteiger partial charge < -0.3 is 15.5 Å². The zero-order chi connectivity index (χ0) is 19.3. The van der Waals surface area contributed by atoms with Gasteiger partial charge in [-0.2, -0.15) is 0 Å². The highest BCUT2D eigenvalue weighted by atomic mass is 16.6. The third-order valence-corrected chi connectivity index (χ3v) is 3.94. The van der Waals surface area contributed by atoms with Crippen molar-refractivity contribution < 1.29 is 14.5 Å². The highest BCUT2D eigenvalue weighted by Gasteiger charge is 2.18. The summed E-state index contributed by atoms with van der Waals surface area (Å²) >= 11 is 0. The molecule has 0 unspecified atom stereocenters. The smallest absolute Gasteiger partial charge is 0.270 e. The van der Waals surface area contributed by atoms with Crippen LogP contribution in [0, 0.1) is 10.1 Å². The van der Waals surface area contributed by atoms with Gasteiger partial charge in [-0.05, 0) is 23.8 Å². The van der Waals surface area contributed by atoms with E-state index in [1.807, 2.05) is 17.0 Å². The molecule has 136 valence electrons. The number of nitrogens with zero attached hydrogens (tertiary/aromatic N) is 2. The first-order valence-corrected chi connectivity index (χ1v) is 7.90. The van der Waals surface area contributed by atoms with Crippen molar-refractivity contribution in [3.8, 4) is 0 Å². The van der Waals surface area contributed by atoms with E-state index >= 15 is 0 Å². The molecule has 0 fully saturated rings. The minimum absolute atomic E-state index is 0.143. The van der Waals surface area contributed by atoms with E-state index in [4.69, 9.17) is 0 Å². The molecule has 0 radical (unpaired) electrons. The molecule has 0 atom stereocenters. The molecule has 2 rings (SSSR count). The van der Waals surface area contributed by atoms with Crippen LogP contribution >= 0.6 is 0 Å². The predicted molar refractivity (Wildman–Crippen MR) is 98.4 cm³/mol. The number of nitro benzene ring substituents is 1. The molecule has 0 saturated heterocycles. The number of anilines is 1. The summed E-state index contributed by atoms with van der Waals surface area (Å²) in [5.74, 6) is -0.562. The van der Waals surface area contributed by atoms with Gasteiger partial charge in [0.15, 0.2) is 0 Å². The Labute approximate surface area is 151 Å². The van der Waals surface area contributed by atoms with E-state index in [-0.39, 0.29) is 17.2 Å². The lowest BCUT2D eigenvalue weighted by atomic mass is 10.1. The first-order valence-electron chi connectivity index (χ1n) is 7.90. The van der Waals surface area contributed by atoms with Crippen molar-refractivity contribution in [3.63, 3.8) is 0 Å². The van der Waals surface area contributed by atoms with E-state index in [2.05, 4.69) is 10.6 Å². The van der Waals surface area contributed by atoms with Gasteiger partial charge in [0.05, 0.1) is 16.2 Å². The predicted octanol–water partition coefficient (Wildman–Crippen LogP) is 1.95. The van der Waals surface area contributed by atoms with Crippen molar-refractivity contribution in [2.24, 2.45) is 0 Å². The Kier molecular flexibility index (Phi) is 5.90. The molecule has 0 bridgehead atoms. The van der Waals surface area contributed by atoms with Gasteiger partial charge in [-0.1, -0.05) is 12.1 Å². The van der Waals surface area contributed by atoms with Crippen LogP contribution in [0.4, 0.5) is 11.4 Å². The van der Waals surface area contributed by atoms with E-state index in [1.54, 1.807) is 32.3 Å². The summed E-state index contributed by atoms with van der Waals surface area (Å²) in [4.78, 5) is 36.0. The van der Waals surface area contributed by atoms with Gasteiger partial charge in [0.25, 0.3) is 17.5 Å². The van der Waals surface area contributed by atoms with Crippen LogP contribution in [0.15, 0.2) is 42.5 Å². The van der Waals surface area contributed by atoms with Gasteiger partial charge in [0.2, 0.25) is 0 Å². The monoisotopic (exact) mass is 356 g/mol. The van der Waals surface area contributed by atoms with Crippen molar-refractivity contribution in [2.75, 3.05) is 26.0 Å². The van der Waals surface area contributed by atoms with Crippen molar-refractivity contribution in [3.05, 3.63) is 69.3 Å². The zero-order valence-electron chi connectivity index (χ0n) is 14.8. The number of nitrogens with one attached hydrogen (secondary N) is 2. The maximum Gasteiger partial charge on any atom is 0.270 e. The minimum Gasteiger partial charge on any atom is -0.370 e. The molecular weight excluding hydrogens is 336 g/mol. The number of benzene rings is 2. The summed E-state index contributed by atoms with van der Waals surface area (Å²) in [7, 11) is 4.83. The van der Waals surface area contributed by atoms with Gasteiger partial charge in [0.1, 0.15) is 0 Å². The standard InChI is InChI=1S/C18H20N4O4/c1-19-17(23)13-6-4-12(5-7-13)11-21(3)16-9-8-14(22(25)26)10-15(16)18(24)20-2/h4-10H,11H2,1-3H3,(H,19,23)(H,20,24). The molecule has 8 heteroatoms. The number of carbonyl (C=O) groups is 2. The van der Waals surface area contributed by atoms with Crippen LogP contribution in [0.1, 0.15) is 26.3 Å². The molecule has 0 saturated carbocycles.